The van der Waals surface area contributed by atoms with Crippen molar-refractivity contribution in [1.82, 2.24) is 10.6 Å². The fraction of sp³-hybridized carbons (Fsp3) is 0.760. The van der Waals surface area contributed by atoms with E-state index in [0.717, 1.165) is 37.8 Å². The largest absolute Gasteiger partial charge is 0.481 e. The van der Waals surface area contributed by atoms with Crippen LogP contribution in [0.15, 0.2) is 35.4 Å². The number of benzene rings is 1. The minimum atomic E-state index is -0.755. The molecule has 0 aliphatic heterocycles. The van der Waals surface area contributed by atoms with E-state index in [9.17, 15) is 24.3 Å². The van der Waals surface area contributed by atoms with E-state index in [4.69, 9.17) is 11.6 Å². The highest BCUT2D eigenvalue weighted by Crippen LogP contribution is 2.72. The minimum Gasteiger partial charge on any atom is -0.481 e. The number of fused-ring (bicyclic) bond motifs is 5. The number of hydrogen-bond donors (Lipinski definition) is 3. The molecule has 322 valence electrons. The Hall–Kier alpha value is -2.51. The minimum absolute atomic E-state index is 0.0520. The molecule has 1 aromatic rings. The number of ketones is 2. The predicted octanol–water partition coefficient (Wildman–Crippen LogP) is 11.1. The van der Waals surface area contributed by atoms with Gasteiger partial charge in [-0.15, -0.1) is 0 Å². The summed E-state index contributed by atoms with van der Waals surface area (Å²) < 4.78 is 0. The standard InChI is InChI=1S/C50H75ClN2O5/c1-30(2)44(40(54)18-10-11-25-52-29-47(4,5)53-45(56)32-14-12-15-34(51)26-32)36-16-13-17-39-35(36)19-20-43-49(39,8)24-22-42-48(6,7)33(21-23-50(42,43)9)27-41(55)37-28-38(31(37)3)46(57)58/h12,14-15,26,30-31,33,35,37-39,42-43,52H,10-11,13,16-25,27-29H2,1-9H3,(H,53,56)(H,57,58)/b44-36+. The second-order valence-corrected chi connectivity index (χ2v) is 22.1. The molecule has 5 aliphatic rings. The number of rotatable bonds is 15. The smallest absolute Gasteiger partial charge is 0.306 e. The Bertz CT molecular complexity index is 1750. The number of Topliss-reactive ketones (excluding diaryl/α,β-unsaturated/α-hetero) is 2. The van der Waals surface area contributed by atoms with Crippen molar-refractivity contribution >= 4 is 35.0 Å². The van der Waals surface area contributed by atoms with Crippen molar-refractivity contribution in [2.45, 2.75) is 158 Å². The lowest BCUT2D eigenvalue weighted by Gasteiger charge is -2.68. The highest BCUT2D eigenvalue weighted by atomic mass is 35.5. The zero-order valence-corrected chi connectivity index (χ0v) is 38.0. The first-order valence-corrected chi connectivity index (χ1v) is 23.4. The van der Waals surface area contributed by atoms with Crippen molar-refractivity contribution in [2.24, 2.45) is 69.5 Å². The van der Waals surface area contributed by atoms with Crippen molar-refractivity contribution in [3.63, 3.8) is 0 Å². The van der Waals surface area contributed by atoms with E-state index in [2.05, 4.69) is 52.2 Å². The van der Waals surface area contributed by atoms with Crippen LogP contribution in [0.5, 0.6) is 0 Å². The van der Waals surface area contributed by atoms with Crippen LogP contribution in [0.2, 0.25) is 5.02 Å². The van der Waals surface area contributed by atoms with Crippen molar-refractivity contribution < 1.29 is 24.3 Å². The first-order chi connectivity index (χ1) is 27.2. The van der Waals surface area contributed by atoms with Crippen LogP contribution in [0.1, 0.15) is 163 Å². The molecule has 10 unspecified atom stereocenters. The van der Waals surface area contributed by atoms with Crippen molar-refractivity contribution in [1.29, 1.82) is 0 Å². The van der Waals surface area contributed by atoms with Gasteiger partial charge in [-0.2, -0.15) is 0 Å². The van der Waals surface area contributed by atoms with E-state index >= 15 is 0 Å². The summed E-state index contributed by atoms with van der Waals surface area (Å²) >= 11 is 6.09. The average Bonchev–Trinajstić information content (AvgIpc) is 3.13. The Balaban J connectivity index is 1.05. The number of carbonyl (C=O) groups excluding carboxylic acids is 3. The van der Waals surface area contributed by atoms with Crippen molar-refractivity contribution in [3.05, 3.63) is 46.0 Å². The molecule has 10 atom stereocenters. The molecular formula is C50H75ClN2O5. The second-order valence-electron chi connectivity index (χ2n) is 21.7. The molecular weight excluding hydrogens is 744 g/mol. The van der Waals surface area contributed by atoms with Gasteiger partial charge in [0.05, 0.1) is 5.92 Å². The third kappa shape index (κ3) is 8.79. The van der Waals surface area contributed by atoms with Crippen LogP contribution in [0.25, 0.3) is 0 Å². The summed E-state index contributed by atoms with van der Waals surface area (Å²) in [4.78, 5) is 52.1. The SMILES string of the molecule is CC(C)/C(C(=O)CCCCNCC(C)(C)NC(=O)c1cccc(Cl)c1)=C1/CCCC2C1CCC1C2(C)CCC2C(C)(C)C(CC(=O)C3CC(C(=O)O)C3C)CCC21C. The number of amides is 1. The number of hydrogen-bond acceptors (Lipinski definition) is 5. The maximum absolute atomic E-state index is 14.2. The number of nitrogens with one attached hydrogen (secondary N) is 2. The zero-order valence-electron chi connectivity index (χ0n) is 37.3. The third-order valence-corrected chi connectivity index (χ3v) is 17.4. The van der Waals surface area contributed by atoms with Crippen LogP contribution in [0.4, 0.5) is 0 Å². The maximum Gasteiger partial charge on any atom is 0.306 e. The lowest BCUT2D eigenvalue weighted by atomic mass is 9.36. The first-order valence-electron chi connectivity index (χ1n) is 23.0. The normalized spacial score (nSPS) is 35.2. The molecule has 8 heteroatoms. The van der Waals surface area contributed by atoms with Crippen LogP contribution >= 0.6 is 11.6 Å². The molecule has 6 rings (SSSR count). The fourth-order valence-corrected chi connectivity index (χ4v) is 14.2. The molecule has 5 aliphatic carbocycles. The number of carboxylic acids is 1. The van der Waals surface area contributed by atoms with Crippen LogP contribution in [-0.4, -0.2) is 47.2 Å². The van der Waals surface area contributed by atoms with E-state index in [0.29, 0.717) is 77.5 Å². The summed E-state index contributed by atoms with van der Waals surface area (Å²) in [5.41, 5.74) is 3.30. The van der Waals surface area contributed by atoms with Gasteiger partial charge in [0, 0.05) is 41.4 Å². The molecule has 7 nitrogen and oxygen atoms in total. The lowest BCUT2D eigenvalue weighted by molar-refractivity contribution is -0.190. The summed E-state index contributed by atoms with van der Waals surface area (Å²) in [5.74, 6) is 2.18. The molecule has 5 fully saturated rings. The van der Waals surface area contributed by atoms with Crippen molar-refractivity contribution in [3.8, 4) is 0 Å². The number of halogens is 1. The summed E-state index contributed by atoms with van der Waals surface area (Å²) in [6.45, 7) is 22.0. The van der Waals surface area contributed by atoms with Crippen LogP contribution < -0.4 is 10.6 Å². The number of aliphatic carboxylic acids is 1. The van der Waals surface area contributed by atoms with E-state index in [-0.39, 0.29) is 45.8 Å². The predicted molar refractivity (Wildman–Crippen MR) is 234 cm³/mol. The molecule has 1 amide bonds. The molecule has 0 aromatic heterocycles. The van der Waals surface area contributed by atoms with Gasteiger partial charge in [0.25, 0.3) is 5.91 Å². The highest BCUT2D eigenvalue weighted by Gasteiger charge is 2.64. The van der Waals surface area contributed by atoms with Crippen LogP contribution in [-0.2, 0) is 14.4 Å². The number of carboxylic acid groups (broad SMARTS) is 1. The molecule has 0 bridgehead atoms. The van der Waals surface area contributed by atoms with Gasteiger partial charge in [-0.3, -0.25) is 19.2 Å². The van der Waals surface area contributed by atoms with E-state index < -0.39 is 11.5 Å². The first kappa shape index (κ1) is 45.0. The number of allylic oxidation sites excluding steroid dienone is 2. The van der Waals surface area contributed by atoms with Gasteiger partial charge in [0.15, 0.2) is 5.78 Å². The topological polar surface area (TPSA) is 113 Å². The monoisotopic (exact) mass is 819 g/mol. The van der Waals surface area contributed by atoms with E-state index in [1.807, 2.05) is 20.8 Å². The Kier molecular flexibility index (Phi) is 13.6. The van der Waals surface area contributed by atoms with Gasteiger partial charge in [0.2, 0.25) is 0 Å². The average molecular weight is 820 g/mol. The fourth-order valence-electron chi connectivity index (χ4n) is 14.1. The Morgan fingerprint density at radius 2 is 1.66 bits per heavy atom. The lowest BCUT2D eigenvalue weighted by Crippen LogP contribution is -2.61. The van der Waals surface area contributed by atoms with Gasteiger partial charge in [-0.25, -0.2) is 0 Å². The van der Waals surface area contributed by atoms with Crippen molar-refractivity contribution in [2.75, 3.05) is 13.1 Å². The summed E-state index contributed by atoms with van der Waals surface area (Å²) in [5, 5.41) is 16.7. The summed E-state index contributed by atoms with van der Waals surface area (Å²) in [6.07, 6.45) is 14.1. The number of unbranched alkanes of at least 4 members (excludes halogenated alkanes) is 1. The summed E-state index contributed by atoms with van der Waals surface area (Å²) in [7, 11) is 0. The molecule has 1 aromatic carbocycles. The van der Waals surface area contributed by atoms with Crippen LogP contribution in [0, 0.1) is 69.5 Å². The Labute approximate surface area is 355 Å². The molecule has 3 N–H and O–H groups in total. The molecule has 5 saturated carbocycles. The number of carbonyl (C=O) groups is 4. The zero-order chi connectivity index (χ0) is 42.4. The Morgan fingerprint density at radius 3 is 2.33 bits per heavy atom. The molecule has 0 heterocycles. The molecule has 0 saturated heterocycles. The summed E-state index contributed by atoms with van der Waals surface area (Å²) in [6, 6.07) is 7.00. The van der Waals surface area contributed by atoms with Gasteiger partial charge in [-0.1, -0.05) is 71.7 Å². The molecule has 0 radical (unpaired) electrons. The van der Waals surface area contributed by atoms with E-state index in [1.165, 1.54) is 50.5 Å². The Morgan fingerprint density at radius 1 is 0.931 bits per heavy atom. The molecule has 0 spiro atoms. The maximum atomic E-state index is 14.2. The third-order valence-electron chi connectivity index (χ3n) is 17.1. The highest BCUT2D eigenvalue weighted by molar-refractivity contribution is 6.31. The second kappa shape index (κ2) is 17.5. The van der Waals surface area contributed by atoms with Gasteiger partial charge < -0.3 is 15.7 Å². The molecule has 58 heavy (non-hydrogen) atoms. The van der Waals surface area contributed by atoms with Gasteiger partial charge >= 0.3 is 5.97 Å². The van der Waals surface area contributed by atoms with E-state index in [1.54, 1.807) is 24.3 Å². The van der Waals surface area contributed by atoms with Crippen LogP contribution in [0.3, 0.4) is 0 Å². The van der Waals surface area contributed by atoms with Gasteiger partial charge in [-0.05, 0) is 179 Å². The van der Waals surface area contributed by atoms with Gasteiger partial charge in [0.1, 0.15) is 5.78 Å². The quantitative estimate of drug-likeness (QED) is 0.120.